The molecule has 0 aliphatic carbocycles. The average Bonchev–Trinajstić information content (AvgIpc) is 3.23. The van der Waals surface area contributed by atoms with Crippen LogP contribution in [0.2, 0.25) is 0 Å². The molecule has 1 fully saturated rings. The van der Waals surface area contributed by atoms with Crippen molar-refractivity contribution >= 4 is 5.91 Å². The van der Waals surface area contributed by atoms with E-state index in [1.807, 2.05) is 6.07 Å². The molecule has 7 nitrogen and oxygen atoms in total. The number of methoxy groups -OCH3 is 1. The van der Waals surface area contributed by atoms with Crippen molar-refractivity contribution in [2.75, 3.05) is 20.3 Å². The molecule has 1 amide bonds. The molecule has 1 aliphatic heterocycles. The zero-order valence-electron chi connectivity index (χ0n) is 12.2. The minimum Gasteiger partial charge on any atom is -0.490 e. The second-order valence-corrected chi connectivity index (χ2v) is 5.09. The van der Waals surface area contributed by atoms with E-state index in [1.165, 1.54) is 6.26 Å². The lowest BCUT2D eigenvalue weighted by Gasteiger charge is -2.23. The first-order chi connectivity index (χ1) is 10.8. The zero-order chi connectivity index (χ0) is 15.4. The van der Waals surface area contributed by atoms with Crippen molar-refractivity contribution < 1.29 is 18.8 Å². The molecule has 0 aromatic carbocycles. The molecular weight excluding hydrogens is 286 g/mol. The van der Waals surface area contributed by atoms with Crippen LogP contribution in [0.5, 0.6) is 5.75 Å². The maximum absolute atomic E-state index is 12.5. The Labute approximate surface area is 127 Å². The molecule has 2 aromatic rings. The maximum atomic E-state index is 12.5. The topological polar surface area (TPSA) is 77.7 Å². The third-order valence-electron chi connectivity index (χ3n) is 3.70. The minimum atomic E-state index is -0.173. The standard InChI is InChI=1S/C15H17N3O4/c1-20-13-7-11(10-21-12-3-2-5-16-8-12)18(9-13)15(19)14-4-6-22-17-14/h2-6,8,11,13H,7,9-10H2,1H3/t11-,13+/m0/s1. The van der Waals surface area contributed by atoms with Crippen LogP contribution in [0.15, 0.2) is 41.4 Å². The number of likely N-dealkylation sites (tertiary alicyclic amines) is 1. The molecule has 22 heavy (non-hydrogen) atoms. The fraction of sp³-hybridized carbons (Fsp3) is 0.400. The van der Waals surface area contributed by atoms with Gasteiger partial charge in [0.25, 0.3) is 5.91 Å². The molecule has 0 saturated carbocycles. The van der Waals surface area contributed by atoms with Gasteiger partial charge in [-0.25, -0.2) is 0 Å². The highest BCUT2D eigenvalue weighted by Gasteiger charge is 2.37. The van der Waals surface area contributed by atoms with E-state index in [0.29, 0.717) is 24.6 Å². The molecular formula is C15H17N3O4. The number of amides is 1. The van der Waals surface area contributed by atoms with Gasteiger partial charge >= 0.3 is 0 Å². The number of ether oxygens (including phenoxy) is 2. The summed E-state index contributed by atoms with van der Waals surface area (Å²) in [4.78, 5) is 18.2. The Balaban J connectivity index is 1.68. The van der Waals surface area contributed by atoms with Crippen molar-refractivity contribution in [3.8, 4) is 5.75 Å². The molecule has 0 N–H and O–H groups in total. The third-order valence-corrected chi connectivity index (χ3v) is 3.70. The minimum absolute atomic E-state index is 0.00153. The van der Waals surface area contributed by atoms with Gasteiger partial charge in [-0.3, -0.25) is 9.78 Å². The number of aromatic nitrogens is 2. The highest BCUT2D eigenvalue weighted by molar-refractivity contribution is 5.92. The smallest absolute Gasteiger partial charge is 0.276 e. The molecule has 2 atom stereocenters. The van der Waals surface area contributed by atoms with Crippen molar-refractivity contribution in [3.05, 3.63) is 42.5 Å². The van der Waals surface area contributed by atoms with Crippen LogP contribution in [0.4, 0.5) is 0 Å². The molecule has 0 unspecified atom stereocenters. The maximum Gasteiger partial charge on any atom is 0.276 e. The van der Waals surface area contributed by atoms with Gasteiger partial charge in [0, 0.05) is 25.9 Å². The van der Waals surface area contributed by atoms with Gasteiger partial charge in [0.1, 0.15) is 18.6 Å². The number of hydrogen-bond acceptors (Lipinski definition) is 6. The van der Waals surface area contributed by atoms with E-state index in [2.05, 4.69) is 10.1 Å². The Morgan fingerprint density at radius 1 is 1.50 bits per heavy atom. The molecule has 116 valence electrons. The third kappa shape index (κ3) is 3.09. The van der Waals surface area contributed by atoms with Crippen molar-refractivity contribution in [1.82, 2.24) is 15.0 Å². The first-order valence-corrected chi connectivity index (χ1v) is 7.05. The highest BCUT2D eigenvalue weighted by Crippen LogP contribution is 2.23. The molecule has 2 aromatic heterocycles. The SMILES string of the molecule is CO[C@@H]1C[C@@H](COc2cccnc2)N(C(=O)c2ccon2)C1. The normalized spacial score (nSPS) is 21.0. The van der Waals surface area contributed by atoms with Crippen molar-refractivity contribution in [1.29, 1.82) is 0 Å². The van der Waals surface area contributed by atoms with Gasteiger partial charge in [-0.15, -0.1) is 0 Å². The summed E-state index contributed by atoms with van der Waals surface area (Å²) in [5, 5.41) is 3.71. The van der Waals surface area contributed by atoms with Crippen molar-refractivity contribution in [3.63, 3.8) is 0 Å². The summed E-state index contributed by atoms with van der Waals surface area (Å²) in [6.07, 6.45) is 5.44. The van der Waals surface area contributed by atoms with Crippen LogP contribution < -0.4 is 4.74 Å². The predicted octanol–water partition coefficient (Wildman–Crippen LogP) is 1.38. The highest BCUT2D eigenvalue weighted by atomic mass is 16.5. The molecule has 0 spiro atoms. The zero-order valence-corrected chi connectivity index (χ0v) is 12.2. The molecule has 3 heterocycles. The molecule has 0 radical (unpaired) electrons. The molecule has 0 bridgehead atoms. The second kappa shape index (κ2) is 6.57. The fourth-order valence-electron chi connectivity index (χ4n) is 2.55. The quantitative estimate of drug-likeness (QED) is 0.830. The number of nitrogens with zero attached hydrogens (tertiary/aromatic N) is 3. The molecule has 3 rings (SSSR count). The predicted molar refractivity (Wildman–Crippen MR) is 76.5 cm³/mol. The van der Waals surface area contributed by atoms with E-state index >= 15 is 0 Å². The van der Waals surface area contributed by atoms with Crippen LogP contribution in [-0.2, 0) is 4.74 Å². The number of pyridine rings is 1. The van der Waals surface area contributed by atoms with Gasteiger partial charge in [-0.2, -0.15) is 0 Å². The van der Waals surface area contributed by atoms with Crippen LogP contribution in [-0.4, -0.2) is 53.4 Å². The summed E-state index contributed by atoms with van der Waals surface area (Å²) >= 11 is 0. The lowest BCUT2D eigenvalue weighted by molar-refractivity contribution is 0.0648. The summed E-state index contributed by atoms with van der Waals surface area (Å²) in [6.45, 7) is 0.901. The van der Waals surface area contributed by atoms with Crippen molar-refractivity contribution in [2.45, 2.75) is 18.6 Å². The number of carbonyl (C=O) groups is 1. The second-order valence-electron chi connectivity index (χ2n) is 5.09. The van der Waals surface area contributed by atoms with Gasteiger partial charge in [-0.1, -0.05) is 5.16 Å². The molecule has 7 heteroatoms. The van der Waals surface area contributed by atoms with Gasteiger partial charge < -0.3 is 18.9 Å². The van der Waals surface area contributed by atoms with E-state index in [1.54, 1.807) is 36.5 Å². The first-order valence-electron chi connectivity index (χ1n) is 7.05. The summed E-state index contributed by atoms with van der Waals surface area (Å²) in [6, 6.07) is 5.12. The van der Waals surface area contributed by atoms with Crippen LogP contribution >= 0.6 is 0 Å². The van der Waals surface area contributed by atoms with Crippen LogP contribution in [0, 0.1) is 0 Å². The Morgan fingerprint density at radius 3 is 3.09 bits per heavy atom. The first kappa shape index (κ1) is 14.5. The number of carbonyl (C=O) groups excluding carboxylic acids is 1. The lowest BCUT2D eigenvalue weighted by atomic mass is 10.2. The monoisotopic (exact) mass is 303 g/mol. The Hall–Kier alpha value is -2.41. The molecule has 1 saturated heterocycles. The summed E-state index contributed by atoms with van der Waals surface area (Å²) in [5.74, 6) is 0.505. The van der Waals surface area contributed by atoms with E-state index in [4.69, 9.17) is 14.0 Å². The Bertz CT molecular complexity index is 603. The Kier molecular flexibility index (Phi) is 4.34. The van der Waals surface area contributed by atoms with E-state index in [9.17, 15) is 4.79 Å². The average molecular weight is 303 g/mol. The van der Waals surface area contributed by atoms with Gasteiger partial charge in [0.05, 0.1) is 18.3 Å². The van der Waals surface area contributed by atoms with Gasteiger partial charge in [-0.05, 0) is 18.6 Å². The van der Waals surface area contributed by atoms with Crippen LogP contribution in [0.25, 0.3) is 0 Å². The van der Waals surface area contributed by atoms with E-state index in [-0.39, 0.29) is 18.1 Å². The summed E-state index contributed by atoms with van der Waals surface area (Å²) in [7, 11) is 1.65. The molecule has 1 aliphatic rings. The summed E-state index contributed by atoms with van der Waals surface area (Å²) in [5.41, 5.74) is 0.295. The van der Waals surface area contributed by atoms with Gasteiger partial charge in [0.2, 0.25) is 0 Å². The number of hydrogen-bond donors (Lipinski definition) is 0. The largest absolute Gasteiger partial charge is 0.490 e. The van der Waals surface area contributed by atoms with E-state index < -0.39 is 0 Å². The summed E-state index contributed by atoms with van der Waals surface area (Å²) < 4.78 is 15.9. The van der Waals surface area contributed by atoms with E-state index in [0.717, 1.165) is 6.42 Å². The fourth-order valence-corrected chi connectivity index (χ4v) is 2.55. The van der Waals surface area contributed by atoms with Gasteiger partial charge in [0.15, 0.2) is 5.69 Å². The van der Waals surface area contributed by atoms with Crippen LogP contribution in [0.3, 0.4) is 0 Å². The lowest BCUT2D eigenvalue weighted by Crippen LogP contribution is -2.39. The van der Waals surface area contributed by atoms with Crippen molar-refractivity contribution in [2.24, 2.45) is 0 Å². The number of rotatable bonds is 5. The van der Waals surface area contributed by atoms with Crippen LogP contribution in [0.1, 0.15) is 16.9 Å². The Morgan fingerprint density at radius 2 is 2.41 bits per heavy atom.